The van der Waals surface area contributed by atoms with Gasteiger partial charge in [0.1, 0.15) is 5.60 Å². The smallest absolute Gasteiger partial charge is 0.407 e. The molecule has 18 heavy (non-hydrogen) atoms. The Morgan fingerprint density at radius 3 is 2.72 bits per heavy atom. The molecule has 0 saturated carbocycles. The molecule has 6 heteroatoms. The normalized spacial score (nSPS) is 13.2. The minimum Gasteiger partial charge on any atom is -0.444 e. The molecule has 102 valence electrons. The molecule has 0 aliphatic rings. The lowest BCUT2D eigenvalue weighted by Gasteiger charge is -2.21. The molecule has 1 unspecified atom stereocenters. The largest absolute Gasteiger partial charge is 0.444 e. The average molecular weight is 271 g/mol. The van der Waals surface area contributed by atoms with E-state index < -0.39 is 11.7 Å². The number of amides is 1. The zero-order valence-electron chi connectivity index (χ0n) is 11.3. The van der Waals surface area contributed by atoms with Crippen LogP contribution in [0.4, 0.5) is 4.79 Å². The number of alkyl carbamates (subject to hydrolysis) is 1. The van der Waals surface area contributed by atoms with Gasteiger partial charge in [-0.05, 0) is 27.7 Å². The van der Waals surface area contributed by atoms with E-state index in [2.05, 4.69) is 10.3 Å². The van der Waals surface area contributed by atoms with E-state index in [4.69, 9.17) is 10.5 Å². The Morgan fingerprint density at radius 1 is 1.61 bits per heavy atom. The van der Waals surface area contributed by atoms with Crippen molar-refractivity contribution in [1.82, 2.24) is 10.3 Å². The molecule has 1 rings (SSSR count). The number of ether oxygens (including phenoxy) is 1. The van der Waals surface area contributed by atoms with E-state index in [1.54, 1.807) is 16.8 Å². The minimum absolute atomic E-state index is 0.0880. The number of hydrogen-bond acceptors (Lipinski definition) is 5. The lowest BCUT2D eigenvalue weighted by molar-refractivity contribution is 0.0525. The third kappa shape index (κ3) is 4.62. The van der Waals surface area contributed by atoms with Gasteiger partial charge in [-0.3, -0.25) is 0 Å². The van der Waals surface area contributed by atoms with Crippen LogP contribution < -0.4 is 11.1 Å². The summed E-state index contributed by atoms with van der Waals surface area (Å²) in [4.78, 5) is 16.9. The molecule has 1 atom stereocenters. The lowest BCUT2D eigenvalue weighted by atomic mass is 10.1. The molecule has 5 nitrogen and oxygen atoms in total. The fraction of sp³-hybridized carbons (Fsp3) is 0.667. The SMILES string of the molecule is Cc1ncsc1C(CN)CNC(=O)OC(C)(C)C. The zero-order chi connectivity index (χ0) is 13.8. The van der Waals surface area contributed by atoms with Gasteiger partial charge in [0.25, 0.3) is 0 Å². The Labute approximate surface area is 112 Å². The van der Waals surface area contributed by atoms with Gasteiger partial charge < -0.3 is 15.8 Å². The molecular weight excluding hydrogens is 250 g/mol. The summed E-state index contributed by atoms with van der Waals surface area (Å²) < 4.78 is 5.18. The fourth-order valence-electron chi connectivity index (χ4n) is 1.51. The highest BCUT2D eigenvalue weighted by molar-refractivity contribution is 7.09. The number of thiazole rings is 1. The quantitative estimate of drug-likeness (QED) is 0.878. The van der Waals surface area contributed by atoms with E-state index in [-0.39, 0.29) is 5.92 Å². The van der Waals surface area contributed by atoms with Gasteiger partial charge in [0.05, 0.1) is 11.2 Å². The molecule has 1 heterocycles. The van der Waals surface area contributed by atoms with Crippen LogP contribution in [0.15, 0.2) is 5.51 Å². The second kappa shape index (κ2) is 6.15. The van der Waals surface area contributed by atoms with Crippen LogP contribution in [-0.2, 0) is 4.74 Å². The summed E-state index contributed by atoms with van der Waals surface area (Å²) in [7, 11) is 0. The molecule has 0 bridgehead atoms. The number of nitrogens with two attached hydrogens (primary N) is 1. The van der Waals surface area contributed by atoms with Crippen LogP contribution in [0.2, 0.25) is 0 Å². The average Bonchev–Trinajstić information content (AvgIpc) is 2.63. The van der Waals surface area contributed by atoms with Crippen molar-refractivity contribution in [3.05, 3.63) is 16.1 Å². The summed E-state index contributed by atoms with van der Waals surface area (Å²) in [5.41, 5.74) is 8.02. The Morgan fingerprint density at radius 2 is 2.28 bits per heavy atom. The molecule has 1 aromatic heterocycles. The van der Waals surface area contributed by atoms with E-state index in [1.807, 2.05) is 27.7 Å². The van der Waals surface area contributed by atoms with E-state index in [1.165, 1.54) is 0 Å². The Balaban J connectivity index is 2.51. The highest BCUT2D eigenvalue weighted by Gasteiger charge is 2.19. The molecule has 0 aromatic carbocycles. The third-order valence-electron chi connectivity index (χ3n) is 2.33. The number of carbonyl (C=O) groups is 1. The van der Waals surface area contributed by atoms with Gasteiger partial charge in [0, 0.05) is 23.9 Å². The number of hydrogen-bond donors (Lipinski definition) is 2. The van der Waals surface area contributed by atoms with Gasteiger partial charge in [-0.25, -0.2) is 9.78 Å². The van der Waals surface area contributed by atoms with E-state index in [0.717, 1.165) is 10.6 Å². The van der Waals surface area contributed by atoms with Crippen molar-refractivity contribution in [2.75, 3.05) is 13.1 Å². The Hall–Kier alpha value is -1.14. The summed E-state index contributed by atoms with van der Waals surface area (Å²) in [5, 5.41) is 2.74. The van der Waals surface area contributed by atoms with Gasteiger partial charge in [-0.1, -0.05) is 0 Å². The first-order valence-electron chi connectivity index (χ1n) is 5.90. The van der Waals surface area contributed by atoms with Gasteiger partial charge in [0.15, 0.2) is 0 Å². The number of aryl methyl sites for hydroxylation is 1. The molecule has 0 radical (unpaired) electrons. The van der Waals surface area contributed by atoms with E-state index >= 15 is 0 Å². The van der Waals surface area contributed by atoms with Crippen LogP contribution in [-0.4, -0.2) is 29.8 Å². The van der Waals surface area contributed by atoms with E-state index in [0.29, 0.717) is 13.1 Å². The Kier molecular flexibility index (Phi) is 5.10. The van der Waals surface area contributed by atoms with Crippen molar-refractivity contribution in [2.45, 2.75) is 39.2 Å². The molecule has 0 aliphatic carbocycles. The second-order valence-electron chi connectivity index (χ2n) is 5.12. The molecule has 0 aliphatic heterocycles. The van der Waals surface area contributed by atoms with Gasteiger partial charge in [-0.15, -0.1) is 11.3 Å². The first-order valence-corrected chi connectivity index (χ1v) is 6.78. The summed E-state index contributed by atoms with van der Waals surface area (Å²) in [6.45, 7) is 8.39. The first kappa shape index (κ1) is 14.9. The number of aromatic nitrogens is 1. The summed E-state index contributed by atoms with van der Waals surface area (Å²) >= 11 is 1.56. The van der Waals surface area contributed by atoms with Crippen LogP contribution in [0.25, 0.3) is 0 Å². The van der Waals surface area contributed by atoms with Crippen LogP contribution in [0.1, 0.15) is 37.3 Å². The maximum Gasteiger partial charge on any atom is 0.407 e. The van der Waals surface area contributed by atoms with Crippen molar-refractivity contribution in [3.63, 3.8) is 0 Å². The van der Waals surface area contributed by atoms with Crippen LogP contribution >= 0.6 is 11.3 Å². The molecule has 1 aromatic rings. The number of nitrogens with one attached hydrogen (secondary N) is 1. The number of rotatable bonds is 4. The summed E-state index contributed by atoms with van der Waals surface area (Å²) in [5.74, 6) is 0.0880. The molecule has 0 spiro atoms. The Bertz CT molecular complexity index is 398. The summed E-state index contributed by atoms with van der Waals surface area (Å²) in [6.07, 6.45) is -0.414. The molecule has 0 fully saturated rings. The van der Waals surface area contributed by atoms with Crippen molar-refractivity contribution in [1.29, 1.82) is 0 Å². The zero-order valence-corrected chi connectivity index (χ0v) is 12.1. The predicted octanol–water partition coefficient (Wildman–Crippen LogP) is 2.02. The monoisotopic (exact) mass is 271 g/mol. The van der Waals surface area contributed by atoms with Crippen molar-refractivity contribution in [3.8, 4) is 0 Å². The van der Waals surface area contributed by atoms with Crippen LogP contribution in [0, 0.1) is 6.92 Å². The highest BCUT2D eigenvalue weighted by Crippen LogP contribution is 2.22. The van der Waals surface area contributed by atoms with Gasteiger partial charge in [-0.2, -0.15) is 0 Å². The molecule has 3 N–H and O–H groups in total. The predicted molar refractivity (Wildman–Crippen MR) is 72.9 cm³/mol. The van der Waals surface area contributed by atoms with Gasteiger partial charge >= 0.3 is 6.09 Å². The maximum absolute atomic E-state index is 11.5. The second-order valence-corrected chi connectivity index (χ2v) is 6.00. The molecular formula is C12H21N3O2S. The number of carbonyl (C=O) groups excluding carboxylic acids is 1. The standard InChI is InChI=1S/C12H21N3O2S/c1-8-10(18-7-15-8)9(5-13)6-14-11(16)17-12(2,3)4/h7,9H,5-6,13H2,1-4H3,(H,14,16). The van der Waals surface area contributed by atoms with Gasteiger partial charge in [0.2, 0.25) is 0 Å². The van der Waals surface area contributed by atoms with E-state index in [9.17, 15) is 4.79 Å². The molecule has 1 amide bonds. The minimum atomic E-state index is -0.483. The maximum atomic E-state index is 11.5. The third-order valence-corrected chi connectivity index (χ3v) is 3.42. The van der Waals surface area contributed by atoms with Crippen LogP contribution in [0.3, 0.4) is 0 Å². The topological polar surface area (TPSA) is 77.2 Å². The number of nitrogens with zero attached hydrogens (tertiary/aromatic N) is 1. The fourth-order valence-corrected chi connectivity index (χ4v) is 2.43. The van der Waals surface area contributed by atoms with Crippen molar-refractivity contribution < 1.29 is 9.53 Å². The first-order chi connectivity index (χ1) is 8.33. The van der Waals surface area contributed by atoms with Crippen molar-refractivity contribution in [2.24, 2.45) is 5.73 Å². The van der Waals surface area contributed by atoms with Crippen molar-refractivity contribution >= 4 is 17.4 Å². The lowest BCUT2D eigenvalue weighted by Crippen LogP contribution is -2.36. The molecule has 0 saturated heterocycles. The summed E-state index contributed by atoms with van der Waals surface area (Å²) in [6, 6.07) is 0. The highest BCUT2D eigenvalue weighted by atomic mass is 32.1. The van der Waals surface area contributed by atoms with Crippen LogP contribution in [0.5, 0.6) is 0 Å².